The zero-order valence-corrected chi connectivity index (χ0v) is 15.2. The molecule has 0 aliphatic rings. The highest BCUT2D eigenvalue weighted by Crippen LogP contribution is 2.24. The zero-order chi connectivity index (χ0) is 17.9. The summed E-state index contributed by atoms with van der Waals surface area (Å²) in [5, 5.41) is 12.4. The standard InChI is InChI=1S/C17H19BrN2O4/c1-9-15(11(3)21)10(2)19-16(9)17(23)24-8-14(22)20-13-6-4-5-12(18)7-13/h4-7,11,19,21H,8H2,1-3H3,(H,20,22)/t11-/m1/s1. The highest BCUT2D eigenvalue weighted by molar-refractivity contribution is 9.10. The van der Waals surface area contributed by atoms with Crippen LogP contribution >= 0.6 is 15.9 Å². The Balaban J connectivity index is 1.98. The lowest BCUT2D eigenvalue weighted by molar-refractivity contribution is -0.119. The number of carbonyl (C=O) groups excluding carboxylic acids is 2. The van der Waals surface area contributed by atoms with Crippen molar-refractivity contribution in [1.29, 1.82) is 0 Å². The van der Waals surface area contributed by atoms with E-state index in [9.17, 15) is 14.7 Å². The summed E-state index contributed by atoms with van der Waals surface area (Å²) in [6, 6.07) is 7.10. The number of H-pyrrole nitrogens is 1. The molecule has 1 amide bonds. The summed E-state index contributed by atoms with van der Waals surface area (Å²) in [6.45, 7) is 4.73. The summed E-state index contributed by atoms with van der Waals surface area (Å²) in [5.74, 6) is -1.06. The van der Waals surface area contributed by atoms with Crippen LogP contribution in [0.4, 0.5) is 5.69 Å². The molecule has 1 aromatic heterocycles. The number of aliphatic hydroxyl groups is 1. The van der Waals surface area contributed by atoms with Gasteiger partial charge in [-0.2, -0.15) is 0 Å². The number of aromatic nitrogens is 1. The van der Waals surface area contributed by atoms with E-state index in [1.165, 1.54) is 0 Å². The van der Waals surface area contributed by atoms with E-state index in [0.717, 1.165) is 4.47 Å². The fourth-order valence-electron chi connectivity index (χ4n) is 2.56. The maximum atomic E-state index is 12.1. The lowest BCUT2D eigenvalue weighted by Crippen LogP contribution is -2.21. The molecule has 7 heteroatoms. The Hall–Kier alpha value is -2.12. The molecule has 0 aliphatic heterocycles. The Bertz CT molecular complexity index is 768. The van der Waals surface area contributed by atoms with Crippen molar-refractivity contribution >= 4 is 33.5 Å². The average Bonchev–Trinajstić information content (AvgIpc) is 2.79. The normalized spacial score (nSPS) is 11.9. The lowest BCUT2D eigenvalue weighted by Gasteiger charge is -2.07. The number of ether oxygens (including phenoxy) is 1. The van der Waals surface area contributed by atoms with Crippen molar-refractivity contribution in [3.8, 4) is 0 Å². The van der Waals surface area contributed by atoms with Crippen molar-refractivity contribution in [3.05, 3.63) is 51.3 Å². The van der Waals surface area contributed by atoms with Crippen LogP contribution in [0.1, 0.15) is 40.3 Å². The van der Waals surface area contributed by atoms with E-state index in [-0.39, 0.29) is 5.69 Å². The van der Waals surface area contributed by atoms with Crippen molar-refractivity contribution in [2.45, 2.75) is 26.9 Å². The van der Waals surface area contributed by atoms with Crippen LogP contribution in [0.15, 0.2) is 28.7 Å². The minimum absolute atomic E-state index is 0.249. The summed E-state index contributed by atoms with van der Waals surface area (Å²) in [4.78, 5) is 26.9. The third-order valence-electron chi connectivity index (χ3n) is 3.56. The first-order valence-electron chi connectivity index (χ1n) is 7.39. The van der Waals surface area contributed by atoms with E-state index in [1.54, 1.807) is 39.0 Å². The molecule has 6 nitrogen and oxygen atoms in total. The van der Waals surface area contributed by atoms with Crippen LogP contribution < -0.4 is 5.32 Å². The minimum Gasteiger partial charge on any atom is -0.451 e. The molecular weight excluding hydrogens is 376 g/mol. The first-order valence-corrected chi connectivity index (χ1v) is 8.18. The molecule has 2 aromatic rings. The van der Waals surface area contributed by atoms with E-state index < -0.39 is 24.6 Å². The van der Waals surface area contributed by atoms with E-state index in [4.69, 9.17) is 4.74 Å². The largest absolute Gasteiger partial charge is 0.451 e. The van der Waals surface area contributed by atoms with E-state index in [0.29, 0.717) is 22.5 Å². The van der Waals surface area contributed by atoms with E-state index in [1.807, 2.05) is 6.07 Å². The van der Waals surface area contributed by atoms with Crippen LogP contribution in [0.5, 0.6) is 0 Å². The van der Waals surface area contributed by atoms with Gasteiger partial charge >= 0.3 is 5.97 Å². The molecule has 0 saturated carbocycles. The smallest absolute Gasteiger partial charge is 0.355 e. The van der Waals surface area contributed by atoms with Crippen LogP contribution in [0.2, 0.25) is 0 Å². The number of anilines is 1. The van der Waals surface area contributed by atoms with Gasteiger partial charge in [-0.05, 0) is 44.5 Å². The number of hydrogen-bond acceptors (Lipinski definition) is 4. The molecule has 0 saturated heterocycles. The number of hydrogen-bond donors (Lipinski definition) is 3. The van der Waals surface area contributed by atoms with Gasteiger partial charge in [0.25, 0.3) is 5.91 Å². The molecule has 0 unspecified atom stereocenters. The number of aliphatic hydroxyl groups excluding tert-OH is 1. The average molecular weight is 395 g/mol. The fourth-order valence-corrected chi connectivity index (χ4v) is 2.96. The van der Waals surface area contributed by atoms with E-state index in [2.05, 4.69) is 26.2 Å². The van der Waals surface area contributed by atoms with Crippen molar-refractivity contribution in [2.75, 3.05) is 11.9 Å². The molecule has 1 heterocycles. The van der Waals surface area contributed by atoms with Crippen molar-refractivity contribution in [2.24, 2.45) is 0 Å². The summed E-state index contributed by atoms with van der Waals surface area (Å²) >= 11 is 3.31. The third-order valence-corrected chi connectivity index (χ3v) is 4.05. The Morgan fingerprint density at radius 2 is 2.08 bits per heavy atom. The number of halogens is 1. The Labute approximate surface area is 148 Å². The number of nitrogens with one attached hydrogen (secondary N) is 2. The van der Waals surface area contributed by atoms with Gasteiger partial charge in [-0.25, -0.2) is 4.79 Å². The van der Waals surface area contributed by atoms with Gasteiger partial charge in [0.15, 0.2) is 6.61 Å². The molecule has 2 rings (SSSR count). The molecule has 128 valence electrons. The molecule has 0 aliphatic carbocycles. The molecule has 0 spiro atoms. The summed E-state index contributed by atoms with van der Waals surface area (Å²) in [5.41, 5.74) is 2.85. The first-order chi connectivity index (χ1) is 11.3. The number of benzene rings is 1. The second kappa shape index (κ2) is 7.63. The second-order valence-electron chi connectivity index (χ2n) is 5.47. The molecule has 3 N–H and O–H groups in total. The summed E-state index contributed by atoms with van der Waals surface area (Å²) in [7, 11) is 0. The van der Waals surface area contributed by atoms with Gasteiger partial charge in [0, 0.05) is 21.4 Å². The maximum Gasteiger partial charge on any atom is 0.355 e. The molecule has 0 bridgehead atoms. The van der Waals surface area contributed by atoms with Gasteiger partial charge in [0.2, 0.25) is 0 Å². The van der Waals surface area contributed by atoms with Gasteiger partial charge in [-0.15, -0.1) is 0 Å². The fraction of sp³-hybridized carbons (Fsp3) is 0.294. The van der Waals surface area contributed by atoms with Crippen LogP contribution in [0, 0.1) is 13.8 Å². The molecular formula is C17H19BrN2O4. The van der Waals surface area contributed by atoms with Gasteiger partial charge in [-0.3, -0.25) is 4.79 Å². The Morgan fingerprint density at radius 3 is 2.67 bits per heavy atom. The van der Waals surface area contributed by atoms with Crippen molar-refractivity contribution < 1.29 is 19.4 Å². The van der Waals surface area contributed by atoms with Crippen molar-refractivity contribution in [1.82, 2.24) is 4.98 Å². The van der Waals surface area contributed by atoms with Crippen LogP contribution in [-0.4, -0.2) is 28.6 Å². The Kier molecular flexibility index (Phi) is 5.80. The third kappa shape index (κ3) is 4.24. The van der Waals surface area contributed by atoms with Crippen molar-refractivity contribution in [3.63, 3.8) is 0 Å². The van der Waals surface area contributed by atoms with Gasteiger partial charge < -0.3 is 20.1 Å². The number of aryl methyl sites for hydroxylation is 1. The summed E-state index contributed by atoms with van der Waals surface area (Å²) in [6.07, 6.45) is -0.692. The maximum absolute atomic E-state index is 12.1. The second-order valence-corrected chi connectivity index (χ2v) is 6.39. The highest BCUT2D eigenvalue weighted by atomic mass is 79.9. The topological polar surface area (TPSA) is 91.4 Å². The highest BCUT2D eigenvalue weighted by Gasteiger charge is 2.21. The quantitative estimate of drug-likeness (QED) is 0.678. The first kappa shape index (κ1) is 18.2. The zero-order valence-electron chi connectivity index (χ0n) is 13.6. The van der Waals surface area contributed by atoms with Gasteiger partial charge in [0.05, 0.1) is 6.10 Å². The predicted octanol–water partition coefficient (Wildman–Crippen LogP) is 3.24. The number of aromatic amines is 1. The number of carbonyl (C=O) groups is 2. The number of esters is 1. The van der Waals surface area contributed by atoms with Gasteiger partial charge in [0.1, 0.15) is 5.69 Å². The van der Waals surface area contributed by atoms with Crippen LogP contribution in [0.25, 0.3) is 0 Å². The van der Waals surface area contributed by atoms with Crippen LogP contribution in [-0.2, 0) is 9.53 Å². The number of amides is 1. The lowest BCUT2D eigenvalue weighted by atomic mass is 10.1. The van der Waals surface area contributed by atoms with E-state index >= 15 is 0 Å². The number of rotatable bonds is 5. The monoisotopic (exact) mass is 394 g/mol. The minimum atomic E-state index is -0.692. The molecule has 0 fully saturated rings. The Morgan fingerprint density at radius 1 is 1.38 bits per heavy atom. The SMILES string of the molecule is Cc1[nH]c(C(=O)OCC(=O)Nc2cccc(Br)c2)c(C)c1[C@@H](C)O. The molecule has 1 atom stereocenters. The molecule has 0 radical (unpaired) electrons. The molecule has 1 aromatic carbocycles. The van der Waals surface area contributed by atoms with Gasteiger partial charge in [-0.1, -0.05) is 22.0 Å². The molecule has 24 heavy (non-hydrogen) atoms. The predicted molar refractivity (Wildman–Crippen MR) is 94.0 cm³/mol. The summed E-state index contributed by atoms with van der Waals surface area (Å²) < 4.78 is 5.88. The van der Waals surface area contributed by atoms with Crippen LogP contribution in [0.3, 0.4) is 0 Å².